The third-order valence-corrected chi connectivity index (χ3v) is 4.11. The number of hydrogen-bond donors (Lipinski definition) is 1. The van der Waals surface area contributed by atoms with Crippen LogP contribution in [0.15, 0.2) is 84.5 Å². The second-order valence-electron chi connectivity index (χ2n) is 5.54. The van der Waals surface area contributed by atoms with Gasteiger partial charge in [0.05, 0.1) is 0 Å². The molecule has 0 heterocycles. The van der Waals surface area contributed by atoms with Crippen molar-refractivity contribution < 1.29 is 0 Å². The molecule has 3 rings (SSSR count). The van der Waals surface area contributed by atoms with Crippen LogP contribution in [0.25, 0.3) is 5.57 Å². The van der Waals surface area contributed by atoms with Crippen molar-refractivity contribution in [2.45, 2.75) is 13.3 Å². The first-order valence-corrected chi connectivity index (χ1v) is 7.79. The quantitative estimate of drug-likeness (QED) is 0.766. The average molecular weight is 287 g/mol. The Morgan fingerprint density at radius 2 is 1.45 bits per heavy atom. The highest BCUT2D eigenvalue weighted by Crippen LogP contribution is 2.35. The van der Waals surface area contributed by atoms with Gasteiger partial charge in [0.25, 0.3) is 0 Å². The van der Waals surface area contributed by atoms with Crippen LogP contribution < -0.4 is 5.73 Å². The number of rotatable bonds is 4. The summed E-state index contributed by atoms with van der Waals surface area (Å²) in [6.07, 6.45) is 9.81. The summed E-state index contributed by atoms with van der Waals surface area (Å²) in [5.74, 6) is 0.387. The van der Waals surface area contributed by atoms with Gasteiger partial charge in [-0.2, -0.15) is 0 Å². The molecule has 110 valence electrons. The van der Waals surface area contributed by atoms with Crippen molar-refractivity contribution in [3.05, 3.63) is 95.6 Å². The van der Waals surface area contributed by atoms with E-state index in [9.17, 15) is 0 Å². The van der Waals surface area contributed by atoms with Crippen LogP contribution in [0, 0.1) is 5.92 Å². The maximum absolute atomic E-state index is 5.86. The summed E-state index contributed by atoms with van der Waals surface area (Å²) in [4.78, 5) is 0. The fourth-order valence-corrected chi connectivity index (χ4v) is 3.04. The Hall–Kier alpha value is -2.54. The molecule has 22 heavy (non-hydrogen) atoms. The van der Waals surface area contributed by atoms with Crippen LogP contribution in [0.4, 0.5) is 5.69 Å². The molecule has 0 amide bonds. The number of hydrogen-bond acceptors (Lipinski definition) is 1. The summed E-state index contributed by atoms with van der Waals surface area (Å²) in [6, 6.07) is 18.8. The highest BCUT2D eigenvalue weighted by Gasteiger charge is 2.17. The van der Waals surface area contributed by atoms with Crippen LogP contribution in [0.3, 0.4) is 0 Å². The Kier molecular flexibility index (Phi) is 4.24. The molecule has 1 aliphatic rings. The summed E-state index contributed by atoms with van der Waals surface area (Å²) in [5.41, 5.74) is 11.9. The van der Waals surface area contributed by atoms with Gasteiger partial charge in [0.2, 0.25) is 0 Å². The van der Waals surface area contributed by atoms with Gasteiger partial charge >= 0.3 is 0 Å². The van der Waals surface area contributed by atoms with Gasteiger partial charge in [-0.3, -0.25) is 0 Å². The number of allylic oxidation sites excluding steroid dienone is 5. The smallest absolute Gasteiger partial charge is 0.0314 e. The van der Waals surface area contributed by atoms with Crippen LogP contribution in [-0.4, -0.2) is 0 Å². The van der Waals surface area contributed by atoms with Crippen molar-refractivity contribution in [1.82, 2.24) is 0 Å². The Balaban J connectivity index is 2.19. The Morgan fingerprint density at radius 3 is 2.05 bits per heavy atom. The second-order valence-corrected chi connectivity index (χ2v) is 5.54. The van der Waals surface area contributed by atoms with Gasteiger partial charge in [-0.05, 0) is 35.3 Å². The summed E-state index contributed by atoms with van der Waals surface area (Å²) in [6.45, 7) is 2.23. The topological polar surface area (TPSA) is 26.0 Å². The van der Waals surface area contributed by atoms with Gasteiger partial charge in [-0.1, -0.05) is 79.3 Å². The molecule has 0 aromatic heterocycles. The molecule has 2 aromatic carbocycles. The molecule has 0 saturated carbocycles. The zero-order valence-electron chi connectivity index (χ0n) is 12.9. The van der Waals surface area contributed by atoms with E-state index >= 15 is 0 Å². The predicted molar refractivity (Wildman–Crippen MR) is 95.4 cm³/mol. The van der Waals surface area contributed by atoms with Crippen molar-refractivity contribution in [1.29, 1.82) is 0 Å². The average Bonchev–Trinajstić information content (AvgIpc) is 3.08. The molecule has 0 unspecified atom stereocenters. The second kappa shape index (κ2) is 6.48. The van der Waals surface area contributed by atoms with E-state index in [1.165, 1.54) is 22.3 Å². The molecular weight excluding hydrogens is 266 g/mol. The van der Waals surface area contributed by atoms with E-state index in [4.69, 9.17) is 5.73 Å². The Labute approximate surface area is 132 Å². The van der Waals surface area contributed by atoms with E-state index in [1.807, 2.05) is 12.1 Å². The normalized spacial score (nSPS) is 15.1. The first-order valence-electron chi connectivity index (χ1n) is 7.79. The van der Waals surface area contributed by atoms with Crippen LogP contribution in [0.1, 0.15) is 24.5 Å². The van der Waals surface area contributed by atoms with Gasteiger partial charge in [0, 0.05) is 11.6 Å². The molecule has 1 aliphatic carbocycles. The predicted octanol–water partition coefficient (Wildman–Crippen LogP) is 5.22. The van der Waals surface area contributed by atoms with Crippen LogP contribution in [0.5, 0.6) is 0 Å². The Bertz CT molecular complexity index is 706. The number of nitrogen functional groups attached to an aromatic ring is 1. The molecular formula is C21H21N. The van der Waals surface area contributed by atoms with E-state index in [1.54, 1.807) is 0 Å². The lowest BCUT2D eigenvalue weighted by molar-refractivity contribution is 0.902. The first-order chi connectivity index (χ1) is 10.8. The van der Waals surface area contributed by atoms with Gasteiger partial charge < -0.3 is 5.73 Å². The van der Waals surface area contributed by atoms with Gasteiger partial charge in [0.1, 0.15) is 0 Å². The third kappa shape index (κ3) is 2.89. The van der Waals surface area contributed by atoms with Crippen molar-refractivity contribution in [3.8, 4) is 0 Å². The zero-order chi connectivity index (χ0) is 15.4. The number of nitrogens with two attached hydrogens (primary N) is 1. The Morgan fingerprint density at radius 1 is 0.864 bits per heavy atom. The largest absolute Gasteiger partial charge is 0.399 e. The molecule has 0 aliphatic heterocycles. The van der Waals surface area contributed by atoms with Gasteiger partial charge in [0.15, 0.2) is 0 Å². The standard InChI is InChI=1S/C21H21N/c1-2-20(16-8-6-7-9-16)21(17-10-4-3-5-11-17)18-12-14-19(22)15-13-18/h3-16H,2,22H2,1H3/b21-20+. The number of benzene rings is 2. The highest BCUT2D eigenvalue weighted by molar-refractivity contribution is 5.83. The minimum absolute atomic E-state index is 0.387. The number of anilines is 1. The molecule has 1 nitrogen and oxygen atoms in total. The van der Waals surface area contributed by atoms with E-state index < -0.39 is 0 Å². The lowest BCUT2D eigenvalue weighted by Gasteiger charge is -2.19. The third-order valence-electron chi connectivity index (χ3n) is 4.11. The highest BCUT2D eigenvalue weighted by atomic mass is 14.5. The fraction of sp³-hybridized carbons (Fsp3) is 0.143. The molecule has 0 radical (unpaired) electrons. The lowest BCUT2D eigenvalue weighted by Crippen LogP contribution is -2.02. The SMILES string of the molecule is CC/C(=C(/c1ccccc1)c1ccc(N)cc1)C1C=CC=C1. The molecule has 0 saturated heterocycles. The monoisotopic (exact) mass is 287 g/mol. The van der Waals surface area contributed by atoms with Crippen LogP contribution in [-0.2, 0) is 0 Å². The fourth-order valence-electron chi connectivity index (χ4n) is 3.04. The molecule has 1 heteroatoms. The maximum Gasteiger partial charge on any atom is 0.0314 e. The van der Waals surface area contributed by atoms with Crippen molar-refractivity contribution in [2.24, 2.45) is 5.92 Å². The van der Waals surface area contributed by atoms with Gasteiger partial charge in [-0.15, -0.1) is 0 Å². The van der Waals surface area contributed by atoms with Crippen molar-refractivity contribution in [2.75, 3.05) is 5.73 Å². The molecule has 0 spiro atoms. The van der Waals surface area contributed by atoms with E-state index in [0.29, 0.717) is 5.92 Å². The molecule has 0 atom stereocenters. The van der Waals surface area contributed by atoms with Crippen LogP contribution in [0.2, 0.25) is 0 Å². The van der Waals surface area contributed by atoms with Crippen LogP contribution >= 0.6 is 0 Å². The lowest BCUT2D eigenvalue weighted by atomic mass is 9.85. The first kappa shape index (κ1) is 14.4. The minimum Gasteiger partial charge on any atom is -0.399 e. The minimum atomic E-state index is 0.387. The molecule has 0 fully saturated rings. The summed E-state index contributed by atoms with van der Waals surface area (Å²) in [5, 5.41) is 0. The molecule has 0 bridgehead atoms. The van der Waals surface area contributed by atoms with E-state index in [-0.39, 0.29) is 0 Å². The van der Waals surface area contributed by atoms with Gasteiger partial charge in [-0.25, -0.2) is 0 Å². The maximum atomic E-state index is 5.86. The van der Waals surface area contributed by atoms with Crippen molar-refractivity contribution in [3.63, 3.8) is 0 Å². The van der Waals surface area contributed by atoms with Crippen molar-refractivity contribution >= 4 is 11.3 Å². The van der Waals surface area contributed by atoms with E-state index in [2.05, 4.69) is 73.7 Å². The molecule has 2 N–H and O–H groups in total. The zero-order valence-corrected chi connectivity index (χ0v) is 12.9. The summed E-state index contributed by atoms with van der Waals surface area (Å²) in [7, 11) is 0. The summed E-state index contributed by atoms with van der Waals surface area (Å²) < 4.78 is 0. The van der Waals surface area contributed by atoms with E-state index in [0.717, 1.165) is 12.1 Å². The molecule has 2 aromatic rings. The summed E-state index contributed by atoms with van der Waals surface area (Å²) >= 11 is 0.